The number of aliphatic hydroxyl groups is 1. The number of amides is 2. The van der Waals surface area contributed by atoms with E-state index in [1.165, 1.54) is 21.7 Å². The molecule has 8 heteroatoms. The molecule has 4 rings (SSSR count). The number of pyridine rings is 1. The molecule has 4 atom stereocenters. The van der Waals surface area contributed by atoms with Crippen molar-refractivity contribution in [3.63, 3.8) is 0 Å². The van der Waals surface area contributed by atoms with Crippen LogP contribution in [0, 0.1) is 23.2 Å². The first-order valence-electron chi connectivity index (χ1n) is 11.2. The molecule has 0 aliphatic carbocycles. The van der Waals surface area contributed by atoms with Gasteiger partial charge in [0.25, 0.3) is 0 Å². The maximum absolute atomic E-state index is 13.4. The Kier molecular flexibility index (Phi) is 8.95. The zero-order valence-corrected chi connectivity index (χ0v) is 20.2. The predicted octanol–water partition coefficient (Wildman–Crippen LogP) is 4.34. The monoisotopic (exact) mass is 458 g/mol. The van der Waals surface area contributed by atoms with Gasteiger partial charge < -0.3 is 9.84 Å². The van der Waals surface area contributed by atoms with Crippen LogP contribution in [0.3, 0.4) is 0 Å². The molecule has 2 fully saturated rings. The Morgan fingerprint density at radius 1 is 1.12 bits per heavy atom. The van der Waals surface area contributed by atoms with E-state index in [9.17, 15) is 20.0 Å². The molecule has 2 aromatic rings. The van der Waals surface area contributed by atoms with Crippen molar-refractivity contribution in [3.8, 4) is 6.07 Å². The fourth-order valence-electron chi connectivity index (χ4n) is 4.64. The summed E-state index contributed by atoms with van der Waals surface area (Å²) >= 11 is 0. The highest BCUT2D eigenvalue weighted by Gasteiger charge is 2.60. The number of nitriles is 1. The second-order valence-electron chi connectivity index (χ2n) is 8.36. The smallest absolute Gasteiger partial charge is 0.240 e. The molecule has 2 aromatic heterocycles. The zero-order chi connectivity index (χ0) is 24.4. The van der Waals surface area contributed by atoms with Crippen LogP contribution in [0.5, 0.6) is 0 Å². The summed E-state index contributed by atoms with van der Waals surface area (Å²) in [5.74, 6) is -2.00. The zero-order valence-electron chi connectivity index (χ0n) is 20.2. The molecule has 4 heterocycles. The Balaban J connectivity index is 0.00000103. The Morgan fingerprint density at radius 3 is 2.24 bits per heavy atom. The highest BCUT2D eigenvalue weighted by atomic mass is 16.5. The van der Waals surface area contributed by atoms with Crippen molar-refractivity contribution in [2.24, 2.45) is 11.8 Å². The summed E-state index contributed by atoms with van der Waals surface area (Å²) < 4.78 is 7.52. The van der Waals surface area contributed by atoms with Gasteiger partial charge in [0.1, 0.15) is 11.8 Å². The Morgan fingerprint density at radius 2 is 1.73 bits per heavy atom. The molecule has 2 saturated heterocycles. The summed E-state index contributed by atoms with van der Waals surface area (Å²) in [6, 6.07) is 6.84. The molecule has 0 bridgehead atoms. The molecule has 0 aromatic carbocycles. The molecule has 182 valence electrons. The topological polar surface area (TPSA) is 108 Å². The largest absolute Gasteiger partial charge is 0.390 e. The van der Waals surface area contributed by atoms with Gasteiger partial charge >= 0.3 is 0 Å². The lowest BCUT2D eigenvalue weighted by molar-refractivity contribution is -0.147. The fourth-order valence-corrected chi connectivity index (χ4v) is 4.64. The Bertz CT molecular complexity index is 1040. The minimum Gasteiger partial charge on any atom is -0.390 e. The van der Waals surface area contributed by atoms with Crippen LogP contribution in [-0.2, 0) is 14.3 Å². The van der Waals surface area contributed by atoms with E-state index >= 15 is 0 Å². The number of aliphatic hydroxyl groups excluding tert-OH is 1. The maximum Gasteiger partial charge on any atom is 0.240 e. The van der Waals surface area contributed by atoms with E-state index in [2.05, 4.69) is 5.10 Å². The van der Waals surface area contributed by atoms with Crippen LogP contribution in [0.1, 0.15) is 74.9 Å². The van der Waals surface area contributed by atoms with E-state index < -0.39 is 29.1 Å². The molecule has 4 unspecified atom stereocenters. The molecule has 2 amide bonds. The van der Waals surface area contributed by atoms with Crippen LogP contribution in [0.25, 0.3) is 5.52 Å². The van der Waals surface area contributed by atoms with Crippen molar-refractivity contribution in [2.45, 2.75) is 86.5 Å². The summed E-state index contributed by atoms with van der Waals surface area (Å²) in [6.45, 7) is 15.1. The van der Waals surface area contributed by atoms with E-state index in [4.69, 9.17) is 4.74 Å². The van der Waals surface area contributed by atoms with Gasteiger partial charge in [-0.15, -0.1) is 0 Å². The number of nitrogens with zero attached hydrogens (tertiary/aromatic N) is 4. The van der Waals surface area contributed by atoms with Gasteiger partial charge in [-0.25, -0.2) is 9.42 Å². The van der Waals surface area contributed by atoms with Crippen molar-refractivity contribution in [3.05, 3.63) is 30.1 Å². The minimum atomic E-state index is -0.951. The number of fused-ring (bicyclic) bond motifs is 1. The number of rotatable bonds is 2. The van der Waals surface area contributed by atoms with Gasteiger partial charge in [0.05, 0.1) is 46.5 Å². The van der Waals surface area contributed by atoms with Crippen LogP contribution < -0.4 is 4.90 Å². The lowest BCUT2D eigenvalue weighted by Gasteiger charge is -2.33. The van der Waals surface area contributed by atoms with Crippen LogP contribution in [-0.4, -0.2) is 43.8 Å². The Hall–Kier alpha value is -2.76. The van der Waals surface area contributed by atoms with Gasteiger partial charge in [0.15, 0.2) is 0 Å². The lowest BCUT2D eigenvalue weighted by atomic mass is 9.79. The Labute approximate surface area is 197 Å². The highest BCUT2D eigenvalue weighted by Crippen LogP contribution is 2.48. The van der Waals surface area contributed by atoms with E-state index in [1.54, 1.807) is 39.8 Å². The maximum atomic E-state index is 13.4. The number of hydrogen-bond donors (Lipinski definition) is 1. The van der Waals surface area contributed by atoms with Crippen LogP contribution >= 0.6 is 0 Å². The van der Waals surface area contributed by atoms with E-state index in [1.807, 2.05) is 33.8 Å². The van der Waals surface area contributed by atoms with Crippen LogP contribution in [0.2, 0.25) is 0 Å². The van der Waals surface area contributed by atoms with Gasteiger partial charge in [-0.1, -0.05) is 42.0 Å². The van der Waals surface area contributed by atoms with Crippen molar-refractivity contribution in [2.75, 3.05) is 4.90 Å². The highest BCUT2D eigenvalue weighted by molar-refractivity contribution is 6.23. The van der Waals surface area contributed by atoms with Gasteiger partial charge in [0.2, 0.25) is 11.8 Å². The SMILES string of the molecule is C.CC.CC.CC1C(=O)N(c2ccc(C#N)n3nccc23)C(=O)C1C1(C)CC(O)C(C)(C)O1. The third kappa shape index (κ3) is 4.53. The van der Waals surface area contributed by atoms with Crippen molar-refractivity contribution in [1.29, 1.82) is 5.26 Å². The van der Waals surface area contributed by atoms with Gasteiger partial charge in [-0.2, -0.15) is 10.4 Å². The lowest BCUT2D eigenvalue weighted by Crippen LogP contribution is -2.43. The number of anilines is 1. The molecule has 0 saturated carbocycles. The molecular weight excluding hydrogens is 420 g/mol. The van der Waals surface area contributed by atoms with Gasteiger partial charge in [-0.05, 0) is 39.0 Å². The number of imide groups is 1. The van der Waals surface area contributed by atoms with Crippen molar-refractivity contribution in [1.82, 2.24) is 9.61 Å². The summed E-state index contributed by atoms with van der Waals surface area (Å²) in [6.07, 6.45) is 1.07. The molecule has 8 nitrogen and oxygen atoms in total. The third-order valence-corrected chi connectivity index (χ3v) is 6.04. The normalized spacial score (nSPS) is 27.8. The predicted molar refractivity (Wildman–Crippen MR) is 129 cm³/mol. The number of ether oxygens (including phenoxy) is 1. The summed E-state index contributed by atoms with van der Waals surface area (Å²) in [7, 11) is 0. The van der Waals surface area contributed by atoms with Crippen LogP contribution in [0.4, 0.5) is 5.69 Å². The minimum absolute atomic E-state index is 0. The number of carbonyl (C=O) groups excluding carboxylic acids is 2. The number of aromatic nitrogens is 2. The van der Waals surface area contributed by atoms with Crippen molar-refractivity contribution < 1.29 is 19.4 Å². The molecule has 1 N–H and O–H groups in total. The van der Waals surface area contributed by atoms with Gasteiger partial charge in [0, 0.05) is 6.42 Å². The number of hydrogen-bond acceptors (Lipinski definition) is 6. The molecule has 2 aliphatic heterocycles. The first-order valence-corrected chi connectivity index (χ1v) is 11.2. The first-order chi connectivity index (χ1) is 15.1. The van der Waals surface area contributed by atoms with Crippen molar-refractivity contribution >= 4 is 23.0 Å². The summed E-state index contributed by atoms with van der Waals surface area (Å²) in [5, 5.41) is 23.7. The standard InChI is InChI=1S/C20H22N4O4.2C2H6.CH4/c1-11-16(20(4)9-15(25)19(2,3)28-20)18(27)23(17(11)26)13-6-5-12(10-21)24-14(13)7-8-22-24;2*1-2;/h5-8,11,15-16,25H,9H2,1-4H3;2*1-2H3;1H4. The quantitative estimate of drug-likeness (QED) is 0.671. The molecule has 0 spiro atoms. The van der Waals surface area contributed by atoms with Gasteiger partial charge in [-0.3, -0.25) is 9.59 Å². The average Bonchev–Trinajstić information content (AvgIpc) is 3.39. The molecule has 33 heavy (non-hydrogen) atoms. The first kappa shape index (κ1) is 28.3. The summed E-state index contributed by atoms with van der Waals surface area (Å²) in [4.78, 5) is 27.7. The molecule has 2 aliphatic rings. The van der Waals surface area contributed by atoms with Crippen LogP contribution in [0.15, 0.2) is 24.4 Å². The number of carbonyl (C=O) groups is 2. The third-order valence-electron chi connectivity index (χ3n) is 6.04. The second kappa shape index (κ2) is 10.4. The second-order valence-corrected chi connectivity index (χ2v) is 8.36. The molecule has 0 radical (unpaired) electrons. The van der Waals surface area contributed by atoms with E-state index in [-0.39, 0.29) is 25.7 Å². The average molecular weight is 459 g/mol. The van der Waals surface area contributed by atoms with E-state index in [0.717, 1.165) is 0 Å². The fraction of sp³-hybridized carbons (Fsp3) is 0.600. The van der Waals surface area contributed by atoms with E-state index in [0.29, 0.717) is 16.9 Å². The molecular formula is C25H38N4O4. The summed E-state index contributed by atoms with van der Waals surface area (Å²) in [5.41, 5.74) is -0.539.